The fraction of sp³-hybridized carbons (Fsp3) is 0.214. The molecule has 0 fully saturated rings. The van der Waals surface area contributed by atoms with Crippen molar-refractivity contribution in [2.24, 2.45) is 0 Å². The first-order chi connectivity index (χ1) is 9.28. The minimum Gasteiger partial charge on any atom is -0.338 e. The lowest BCUT2D eigenvalue weighted by atomic mass is 10.1. The molecule has 3 rings (SSSR count). The summed E-state index contributed by atoms with van der Waals surface area (Å²) in [7, 11) is 0. The van der Waals surface area contributed by atoms with Crippen molar-refractivity contribution >= 4 is 26.8 Å². The number of halogens is 1. The van der Waals surface area contributed by atoms with Crippen LogP contribution >= 0.6 is 15.9 Å². The van der Waals surface area contributed by atoms with E-state index < -0.39 is 0 Å². The Kier molecular flexibility index (Phi) is 3.29. The van der Waals surface area contributed by atoms with Gasteiger partial charge >= 0.3 is 0 Å². The molecule has 2 heterocycles. The van der Waals surface area contributed by atoms with E-state index in [0.29, 0.717) is 11.7 Å². The van der Waals surface area contributed by atoms with Crippen molar-refractivity contribution in [3.63, 3.8) is 0 Å². The normalized spacial score (nSPS) is 12.7. The summed E-state index contributed by atoms with van der Waals surface area (Å²) in [5.74, 6) is 1.22. The van der Waals surface area contributed by atoms with Gasteiger partial charge in [-0.1, -0.05) is 34.1 Å². The van der Waals surface area contributed by atoms with Crippen molar-refractivity contribution < 1.29 is 4.52 Å². The highest BCUT2D eigenvalue weighted by Gasteiger charge is 2.15. The Morgan fingerprint density at radius 3 is 3.05 bits per heavy atom. The van der Waals surface area contributed by atoms with E-state index in [1.807, 2.05) is 30.3 Å². The first kappa shape index (κ1) is 12.3. The number of hydrogen-bond acceptors (Lipinski definition) is 4. The molecule has 0 amide bonds. The van der Waals surface area contributed by atoms with E-state index in [0.717, 1.165) is 22.9 Å². The van der Waals surface area contributed by atoms with Gasteiger partial charge in [0.05, 0.1) is 10.3 Å². The molecule has 1 atom stereocenters. The van der Waals surface area contributed by atoms with Crippen molar-refractivity contribution in [2.75, 3.05) is 0 Å². The second-order valence-corrected chi connectivity index (χ2v) is 5.35. The van der Waals surface area contributed by atoms with Crippen molar-refractivity contribution in [2.45, 2.75) is 18.2 Å². The summed E-state index contributed by atoms with van der Waals surface area (Å²) in [6.45, 7) is 2.06. The fourth-order valence-corrected chi connectivity index (χ4v) is 2.05. The van der Waals surface area contributed by atoms with Gasteiger partial charge in [-0.3, -0.25) is 4.98 Å². The molecule has 0 aliphatic heterocycles. The van der Waals surface area contributed by atoms with Gasteiger partial charge in [0.2, 0.25) is 11.7 Å². The third-order valence-corrected chi connectivity index (χ3v) is 3.97. The predicted molar refractivity (Wildman–Crippen MR) is 77.0 cm³/mol. The van der Waals surface area contributed by atoms with Crippen molar-refractivity contribution in [1.29, 1.82) is 0 Å². The second-order valence-electron chi connectivity index (χ2n) is 4.24. The van der Waals surface area contributed by atoms with Crippen LogP contribution < -0.4 is 0 Å². The molecule has 5 heteroatoms. The summed E-state index contributed by atoms with van der Waals surface area (Å²) < 4.78 is 5.26. The molecule has 1 aromatic carbocycles. The maximum atomic E-state index is 5.26. The van der Waals surface area contributed by atoms with Crippen LogP contribution in [0.3, 0.4) is 0 Å². The Hall–Kier alpha value is -1.75. The summed E-state index contributed by atoms with van der Waals surface area (Å²) >= 11 is 3.50. The Morgan fingerprint density at radius 1 is 1.32 bits per heavy atom. The number of nitrogens with zero attached hydrogens (tertiary/aromatic N) is 3. The molecule has 0 radical (unpaired) electrons. The van der Waals surface area contributed by atoms with Crippen LogP contribution in [0, 0.1) is 0 Å². The van der Waals surface area contributed by atoms with Gasteiger partial charge in [-0.15, -0.1) is 0 Å². The molecule has 96 valence electrons. The highest BCUT2D eigenvalue weighted by Crippen LogP contribution is 2.27. The number of alkyl halides is 1. The Labute approximate surface area is 119 Å². The third kappa shape index (κ3) is 2.38. The number of pyridine rings is 1. The van der Waals surface area contributed by atoms with Crippen molar-refractivity contribution in [1.82, 2.24) is 15.1 Å². The number of rotatable bonds is 3. The van der Waals surface area contributed by atoms with Crippen LogP contribution in [0.5, 0.6) is 0 Å². The van der Waals surface area contributed by atoms with Gasteiger partial charge in [-0.05, 0) is 30.7 Å². The summed E-state index contributed by atoms with van der Waals surface area (Å²) in [6.07, 6.45) is 2.69. The van der Waals surface area contributed by atoms with E-state index in [9.17, 15) is 0 Å². The smallest absolute Gasteiger partial charge is 0.240 e. The van der Waals surface area contributed by atoms with E-state index in [-0.39, 0.29) is 4.83 Å². The number of hydrogen-bond donors (Lipinski definition) is 0. The molecule has 0 saturated carbocycles. The molecule has 0 spiro atoms. The van der Waals surface area contributed by atoms with Crippen LogP contribution in [0.2, 0.25) is 0 Å². The molecule has 4 nitrogen and oxygen atoms in total. The van der Waals surface area contributed by atoms with Crippen LogP contribution in [0.15, 0.2) is 41.1 Å². The zero-order valence-corrected chi connectivity index (χ0v) is 12.0. The number of aromatic nitrogens is 3. The summed E-state index contributed by atoms with van der Waals surface area (Å²) in [5.41, 5.74) is 1.90. The molecule has 3 aromatic rings. The monoisotopic (exact) mass is 317 g/mol. The summed E-state index contributed by atoms with van der Waals surface area (Å²) in [4.78, 5) is 8.81. The average molecular weight is 318 g/mol. The first-order valence-corrected chi connectivity index (χ1v) is 7.02. The maximum Gasteiger partial charge on any atom is 0.240 e. The standard InChI is InChI=1S/C14H12BrN3O/c1-2-11(15)14-17-13(18-19-14)10-5-6-12-9(8-10)4-3-7-16-12/h3-8,11H,2H2,1H3. The highest BCUT2D eigenvalue weighted by molar-refractivity contribution is 9.09. The van der Waals surface area contributed by atoms with Crippen LogP contribution in [-0.2, 0) is 0 Å². The lowest BCUT2D eigenvalue weighted by Gasteiger charge is -1.99. The largest absolute Gasteiger partial charge is 0.338 e. The van der Waals surface area contributed by atoms with Gasteiger partial charge in [-0.2, -0.15) is 4.98 Å². The van der Waals surface area contributed by atoms with E-state index in [1.54, 1.807) is 6.20 Å². The molecule has 2 aromatic heterocycles. The quantitative estimate of drug-likeness (QED) is 0.681. The maximum absolute atomic E-state index is 5.26. The van der Waals surface area contributed by atoms with E-state index in [4.69, 9.17) is 4.52 Å². The molecule has 0 aliphatic carbocycles. The van der Waals surface area contributed by atoms with Gasteiger partial charge in [0, 0.05) is 17.1 Å². The zero-order valence-electron chi connectivity index (χ0n) is 10.4. The fourth-order valence-electron chi connectivity index (χ4n) is 1.87. The molecule has 19 heavy (non-hydrogen) atoms. The molecule has 0 N–H and O–H groups in total. The lowest BCUT2D eigenvalue weighted by Crippen LogP contribution is -1.88. The summed E-state index contributed by atoms with van der Waals surface area (Å²) in [5, 5.41) is 5.09. The van der Waals surface area contributed by atoms with Gasteiger partial charge in [0.1, 0.15) is 0 Å². The Balaban J connectivity index is 2.01. The highest BCUT2D eigenvalue weighted by atomic mass is 79.9. The van der Waals surface area contributed by atoms with E-state index in [2.05, 4.69) is 38.0 Å². The topological polar surface area (TPSA) is 51.8 Å². The van der Waals surface area contributed by atoms with Crippen LogP contribution in [0.1, 0.15) is 24.1 Å². The molecule has 0 bridgehead atoms. The average Bonchev–Trinajstić information content (AvgIpc) is 2.95. The van der Waals surface area contributed by atoms with Gasteiger partial charge < -0.3 is 4.52 Å². The van der Waals surface area contributed by atoms with Crippen LogP contribution in [0.4, 0.5) is 0 Å². The third-order valence-electron chi connectivity index (χ3n) is 2.93. The van der Waals surface area contributed by atoms with Gasteiger partial charge in [0.15, 0.2) is 0 Å². The SMILES string of the molecule is CCC(Br)c1nc(-c2ccc3ncccc3c2)no1. The number of benzene rings is 1. The van der Waals surface area contributed by atoms with Gasteiger partial charge in [-0.25, -0.2) is 0 Å². The molecule has 0 saturated heterocycles. The summed E-state index contributed by atoms with van der Waals surface area (Å²) in [6, 6.07) is 9.88. The minimum absolute atomic E-state index is 0.107. The Morgan fingerprint density at radius 2 is 2.21 bits per heavy atom. The van der Waals surface area contributed by atoms with E-state index >= 15 is 0 Å². The van der Waals surface area contributed by atoms with Crippen LogP contribution in [-0.4, -0.2) is 15.1 Å². The minimum atomic E-state index is 0.107. The molecule has 0 aliphatic rings. The van der Waals surface area contributed by atoms with E-state index in [1.165, 1.54) is 0 Å². The number of fused-ring (bicyclic) bond motifs is 1. The Bertz CT molecular complexity index is 710. The molecular formula is C14H12BrN3O. The predicted octanol–water partition coefficient (Wildman–Crippen LogP) is 4.13. The molecule has 1 unspecified atom stereocenters. The van der Waals surface area contributed by atoms with Crippen LogP contribution in [0.25, 0.3) is 22.3 Å². The van der Waals surface area contributed by atoms with Crippen molar-refractivity contribution in [3.05, 3.63) is 42.4 Å². The first-order valence-electron chi connectivity index (χ1n) is 6.10. The molecular weight excluding hydrogens is 306 g/mol. The second kappa shape index (κ2) is 5.09. The van der Waals surface area contributed by atoms with Crippen molar-refractivity contribution in [3.8, 4) is 11.4 Å². The zero-order chi connectivity index (χ0) is 13.2. The lowest BCUT2D eigenvalue weighted by molar-refractivity contribution is 0.377. The van der Waals surface area contributed by atoms with Gasteiger partial charge in [0.25, 0.3) is 0 Å².